The molecular formula is C11H21N5. The van der Waals surface area contributed by atoms with Gasteiger partial charge in [-0.25, -0.2) is 0 Å². The molecule has 0 aromatic carbocycles. The van der Waals surface area contributed by atoms with Gasteiger partial charge in [-0.2, -0.15) is 0 Å². The van der Waals surface area contributed by atoms with E-state index in [9.17, 15) is 0 Å². The van der Waals surface area contributed by atoms with Crippen molar-refractivity contribution < 1.29 is 0 Å². The number of hydrogen-bond donors (Lipinski definition) is 1. The first kappa shape index (κ1) is 11.5. The van der Waals surface area contributed by atoms with Gasteiger partial charge in [-0.3, -0.25) is 9.58 Å². The lowest BCUT2D eigenvalue weighted by atomic mass is 10.2. The van der Waals surface area contributed by atoms with E-state index in [1.165, 1.54) is 25.8 Å². The Labute approximate surface area is 96.6 Å². The Balaban J connectivity index is 1.82. The van der Waals surface area contributed by atoms with Crippen LogP contribution in [0.2, 0.25) is 0 Å². The Morgan fingerprint density at radius 3 is 3.06 bits per heavy atom. The largest absolute Gasteiger partial charge is 0.325 e. The maximum absolute atomic E-state index is 5.50. The smallest absolute Gasteiger partial charge is 0.0962 e. The first-order valence-corrected chi connectivity index (χ1v) is 6.16. The van der Waals surface area contributed by atoms with E-state index in [1.807, 2.05) is 10.9 Å². The van der Waals surface area contributed by atoms with Gasteiger partial charge >= 0.3 is 0 Å². The molecule has 0 aliphatic carbocycles. The molecule has 90 valence electrons. The number of nitrogens with two attached hydrogens (primary N) is 1. The minimum Gasteiger partial charge on any atom is -0.325 e. The van der Waals surface area contributed by atoms with Gasteiger partial charge < -0.3 is 5.73 Å². The summed E-state index contributed by atoms with van der Waals surface area (Å²) in [4.78, 5) is 2.56. The molecule has 1 aromatic heterocycles. The molecule has 1 fully saturated rings. The molecule has 1 atom stereocenters. The van der Waals surface area contributed by atoms with Gasteiger partial charge in [0, 0.05) is 25.3 Å². The summed E-state index contributed by atoms with van der Waals surface area (Å²) in [5, 5.41) is 8.05. The molecular weight excluding hydrogens is 202 g/mol. The van der Waals surface area contributed by atoms with Crippen LogP contribution in [0.3, 0.4) is 0 Å². The van der Waals surface area contributed by atoms with E-state index in [0.29, 0.717) is 6.54 Å². The number of hydrogen-bond acceptors (Lipinski definition) is 4. The molecule has 5 nitrogen and oxygen atoms in total. The molecule has 0 bridgehead atoms. The molecule has 2 N–H and O–H groups in total. The fraction of sp³-hybridized carbons (Fsp3) is 0.818. The van der Waals surface area contributed by atoms with Crippen LogP contribution in [0.25, 0.3) is 0 Å². The zero-order valence-electron chi connectivity index (χ0n) is 9.97. The van der Waals surface area contributed by atoms with E-state index in [0.717, 1.165) is 24.8 Å². The zero-order valence-corrected chi connectivity index (χ0v) is 9.97. The predicted molar refractivity (Wildman–Crippen MR) is 62.8 cm³/mol. The van der Waals surface area contributed by atoms with Crippen molar-refractivity contribution >= 4 is 0 Å². The number of nitrogens with zero attached hydrogens (tertiary/aromatic N) is 4. The number of rotatable bonds is 5. The minimum absolute atomic E-state index is 0.474. The van der Waals surface area contributed by atoms with Crippen LogP contribution >= 0.6 is 0 Å². The van der Waals surface area contributed by atoms with E-state index >= 15 is 0 Å². The van der Waals surface area contributed by atoms with Gasteiger partial charge in [0.15, 0.2) is 0 Å². The van der Waals surface area contributed by atoms with Crippen LogP contribution in [0.4, 0.5) is 0 Å². The Morgan fingerprint density at radius 1 is 1.50 bits per heavy atom. The number of aromatic nitrogens is 3. The quantitative estimate of drug-likeness (QED) is 0.794. The van der Waals surface area contributed by atoms with Crippen molar-refractivity contribution in [2.24, 2.45) is 5.73 Å². The van der Waals surface area contributed by atoms with Crippen molar-refractivity contribution in [3.05, 3.63) is 11.9 Å². The van der Waals surface area contributed by atoms with Crippen LogP contribution in [0, 0.1) is 0 Å². The van der Waals surface area contributed by atoms with E-state index in [1.54, 1.807) is 0 Å². The first-order valence-electron chi connectivity index (χ1n) is 6.16. The van der Waals surface area contributed by atoms with Gasteiger partial charge in [-0.05, 0) is 25.8 Å². The number of likely N-dealkylation sites (tertiary alicyclic amines) is 1. The zero-order chi connectivity index (χ0) is 11.4. The second kappa shape index (κ2) is 5.41. The van der Waals surface area contributed by atoms with E-state index in [2.05, 4.69) is 22.1 Å². The third kappa shape index (κ3) is 2.59. The van der Waals surface area contributed by atoms with Crippen LogP contribution in [-0.4, -0.2) is 39.0 Å². The summed E-state index contributed by atoms with van der Waals surface area (Å²) >= 11 is 0. The van der Waals surface area contributed by atoms with E-state index < -0.39 is 0 Å². The molecule has 1 aliphatic heterocycles. The van der Waals surface area contributed by atoms with Crippen LogP contribution in [0.15, 0.2) is 6.20 Å². The molecule has 16 heavy (non-hydrogen) atoms. The molecule has 0 spiro atoms. The summed E-state index contributed by atoms with van der Waals surface area (Å²) in [5.41, 5.74) is 6.37. The summed E-state index contributed by atoms with van der Waals surface area (Å²) in [5.74, 6) is 0. The second-order valence-corrected chi connectivity index (χ2v) is 4.42. The summed E-state index contributed by atoms with van der Waals surface area (Å²) in [6.07, 6.45) is 5.88. The lowest BCUT2D eigenvalue weighted by molar-refractivity contribution is 0.234. The van der Waals surface area contributed by atoms with Gasteiger partial charge in [-0.15, -0.1) is 5.10 Å². The maximum Gasteiger partial charge on any atom is 0.0962 e. The minimum atomic E-state index is 0.474. The fourth-order valence-corrected chi connectivity index (χ4v) is 2.42. The van der Waals surface area contributed by atoms with Crippen molar-refractivity contribution in [3.63, 3.8) is 0 Å². The van der Waals surface area contributed by atoms with Gasteiger partial charge in [0.1, 0.15) is 0 Å². The molecule has 0 saturated carbocycles. The van der Waals surface area contributed by atoms with Crippen LogP contribution in [-0.2, 0) is 13.1 Å². The van der Waals surface area contributed by atoms with Crippen molar-refractivity contribution in [2.45, 2.75) is 45.3 Å². The third-order valence-electron chi connectivity index (χ3n) is 3.38. The highest BCUT2D eigenvalue weighted by Crippen LogP contribution is 2.19. The SMILES string of the molecule is CCC1CCCN1CCn1cc(CN)nn1. The van der Waals surface area contributed by atoms with Gasteiger partial charge in [-0.1, -0.05) is 12.1 Å². The molecule has 1 aromatic rings. The van der Waals surface area contributed by atoms with Crippen molar-refractivity contribution in [1.29, 1.82) is 0 Å². The first-order chi connectivity index (χ1) is 7.83. The van der Waals surface area contributed by atoms with Crippen LogP contribution in [0.1, 0.15) is 31.9 Å². The molecule has 2 heterocycles. The molecule has 0 radical (unpaired) electrons. The lowest BCUT2D eigenvalue weighted by Crippen LogP contribution is -2.32. The summed E-state index contributed by atoms with van der Waals surface area (Å²) < 4.78 is 1.90. The van der Waals surface area contributed by atoms with Crippen LogP contribution < -0.4 is 5.73 Å². The van der Waals surface area contributed by atoms with Crippen molar-refractivity contribution in [3.8, 4) is 0 Å². The molecule has 1 saturated heterocycles. The average Bonchev–Trinajstić information content (AvgIpc) is 2.94. The van der Waals surface area contributed by atoms with E-state index in [-0.39, 0.29) is 0 Å². The monoisotopic (exact) mass is 223 g/mol. The van der Waals surface area contributed by atoms with Crippen molar-refractivity contribution in [2.75, 3.05) is 13.1 Å². The highest BCUT2D eigenvalue weighted by Gasteiger charge is 2.22. The lowest BCUT2D eigenvalue weighted by Gasteiger charge is -2.22. The van der Waals surface area contributed by atoms with Gasteiger partial charge in [0.05, 0.1) is 12.2 Å². The molecule has 1 aliphatic rings. The highest BCUT2D eigenvalue weighted by atomic mass is 15.4. The Bertz CT molecular complexity index is 322. The summed E-state index contributed by atoms with van der Waals surface area (Å²) in [6, 6.07) is 0.775. The van der Waals surface area contributed by atoms with E-state index in [4.69, 9.17) is 5.73 Å². The topological polar surface area (TPSA) is 60.0 Å². The van der Waals surface area contributed by atoms with Crippen molar-refractivity contribution in [1.82, 2.24) is 19.9 Å². The fourth-order valence-electron chi connectivity index (χ4n) is 2.42. The predicted octanol–water partition coefficient (Wildman–Crippen LogP) is 0.611. The molecule has 0 amide bonds. The summed E-state index contributed by atoms with van der Waals surface area (Å²) in [7, 11) is 0. The second-order valence-electron chi connectivity index (χ2n) is 4.42. The van der Waals surface area contributed by atoms with Gasteiger partial charge in [0.25, 0.3) is 0 Å². The summed E-state index contributed by atoms with van der Waals surface area (Å²) in [6.45, 7) is 5.97. The highest BCUT2D eigenvalue weighted by molar-refractivity contribution is 4.90. The third-order valence-corrected chi connectivity index (χ3v) is 3.38. The normalized spacial score (nSPS) is 21.8. The maximum atomic E-state index is 5.50. The van der Waals surface area contributed by atoms with Gasteiger partial charge in [0.2, 0.25) is 0 Å². The molecule has 2 rings (SSSR count). The molecule has 5 heteroatoms. The Morgan fingerprint density at radius 2 is 2.38 bits per heavy atom. The van der Waals surface area contributed by atoms with Crippen LogP contribution in [0.5, 0.6) is 0 Å². The molecule has 1 unspecified atom stereocenters. The Hall–Kier alpha value is -0.940. The Kier molecular flexibility index (Phi) is 3.90. The average molecular weight is 223 g/mol. The standard InChI is InChI=1S/C11H21N5/c1-2-11-4-3-5-15(11)6-7-16-9-10(8-12)13-14-16/h9,11H,2-8,12H2,1H3.